The van der Waals surface area contributed by atoms with Crippen LogP contribution in [0.25, 0.3) is 0 Å². The van der Waals surface area contributed by atoms with E-state index in [1.807, 2.05) is 6.08 Å². The van der Waals surface area contributed by atoms with E-state index >= 15 is 0 Å². The SMILES string of the molecule is CC/C=C\C/C=C\C/C=C\C/C=C\C/C=C\C/C=C\CCC(=O)OCC(COCCCCC/C=C\C/C=C\C/C=C\C/C=C\CC)OC(=O)CCCCC/C=C\C/C=C\C/C=C\C/C=C\C/C=C\CC. The van der Waals surface area contributed by atoms with Gasteiger partial charge in [-0.05, 0) is 141 Å². The topological polar surface area (TPSA) is 61.8 Å². The Bertz CT molecular complexity index is 1650. The number of hydrogen-bond donors (Lipinski definition) is 0. The maximum absolute atomic E-state index is 12.8. The van der Waals surface area contributed by atoms with Crippen LogP contribution in [0, 0.1) is 0 Å². The van der Waals surface area contributed by atoms with Gasteiger partial charge in [-0.25, -0.2) is 0 Å². The Morgan fingerprint density at radius 1 is 0.314 bits per heavy atom. The first-order valence-corrected chi connectivity index (χ1v) is 27.3. The second-order valence-electron chi connectivity index (χ2n) is 17.0. The highest BCUT2D eigenvalue weighted by molar-refractivity contribution is 5.70. The summed E-state index contributed by atoms with van der Waals surface area (Å²) in [6.07, 6.45) is 89.2. The van der Waals surface area contributed by atoms with E-state index in [2.05, 4.69) is 197 Å². The normalized spacial score (nSPS) is 13.7. The molecule has 5 heteroatoms. The van der Waals surface area contributed by atoms with Crippen molar-refractivity contribution in [2.45, 2.75) is 194 Å². The van der Waals surface area contributed by atoms with E-state index in [9.17, 15) is 9.59 Å². The molecule has 1 unspecified atom stereocenters. The van der Waals surface area contributed by atoms with Crippen molar-refractivity contribution in [1.29, 1.82) is 0 Å². The summed E-state index contributed by atoms with van der Waals surface area (Å²) in [4.78, 5) is 25.5. The molecule has 0 fully saturated rings. The average Bonchev–Trinajstić information content (AvgIpc) is 3.36. The second kappa shape index (κ2) is 58.3. The largest absolute Gasteiger partial charge is 0.462 e. The van der Waals surface area contributed by atoms with Gasteiger partial charge in [-0.15, -0.1) is 0 Å². The molecule has 0 aliphatic rings. The molecule has 0 rings (SSSR count). The molecule has 0 bridgehead atoms. The lowest BCUT2D eigenvalue weighted by Crippen LogP contribution is -2.30. The van der Waals surface area contributed by atoms with Gasteiger partial charge >= 0.3 is 11.9 Å². The molecule has 5 nitrogen and oxygen atoms in total. The molecule has 0 heterocycles. The van der Waals surface area contributed by atoms with Crippen molar-refractivity contribution in [3.05, 3.63) is 182 Å². The van der Waals surface area contributed by atoms with Crippen LogP contribution in [-0.2, 0) is 23.8 Å². The molecule has 388 valence electrons. The highest BCUT2D eigenvalue weighted by Crippen LogP contribution is 2.10. The van der Waals surface area contributed by atoms with Crippen LogP contribution in [0.5, 0.6) is 0 Å². The van der Waals surface area contributed by atoms with E-state index in [1.165, 1.54) is 0 Å². The minimum atomic E-state index is -0.618. The third kappa shape index (κ3) is 55.6. The predicted octanol–water partition coefficient (Wildman–Crippen LogP) is 19.0. The zero-order chi connectivity index (χ0) is 50.6. The summed E-state index contributed by atoms with van der Waals surface area (Å²) in [6, 6.07) is 0. The van der Waals surface area contributed by atoms with E-state index in [-0.39, 0.29) is 31.6 Å². The molecule has 0 amide bonds. The fourth-order valence-corrected chi connectivity index (χ4v) is 6.49. The van der Waals surface area contributed by atoms with Crippen molar-refractivity contribution >= 4 is 11.9 Å². The molecular formula is C65H98O5. The highest BCUT2D eigenvalue weighted by Gasteiger charge is 2.17. The Labute approximate surface area is 429 Å². The molecular weight excluding hydrogens is 861 g/mol. The molecule has 0 spiro atoms. The number of ether oxygens (including phenoxy) is 3. The molecule has 0 saturated carbocycles. The van der Waals surface area contributed by atoms with Crippen LogP contribution in [0.3, 0.4) is 0 Å². The summed E-state index contributed by atoms with van der Waals surface area (Å²) < 4.78 is 17.3. The fourth-order valence-electron chi connectivity index (χ4n) is 6.49. The number of carbonyl (C=O) groups excluding carboxylic acids is 2. The lowest BCUT2D eigenvalue weighted by molar-refractivity contribution is -0.162. The van der Waals surface area contributed by atoms with Crippen molar-refractivity contribution in [2.75, 3.05) is 19.8 Å². The second-order valence-corrected chi connectivity index (χ2v) is 17.0. The number of unbranched alkanes of at least 4 members (excludes halogenated alkanes) is 6. The summed E-state index contributed by atoms with van der Waals surface area (Å²) in [7, 11) is 0. The molecule has 1 atom stereocenters. The first kappa shape index (κ1) is 65.0. The van der Waals surface area contributed by atoms with Crippen molar-refractivity contribution in [3.63, 3.8) is 0 Å². The zero-order valence-electron chi connectivity index (χ0n) is 44.4. The average molecular weight is 959 g/mol. The van der Waals surface area contributed by atoms with Gasteiger partial charge in [0, 0.05) is 19.4 Å². The van der Waals surface area contributed by atoms with Gasteiger partial charge in [0.25, 0.3) is 0 Å². The first-order chi connectivity index (χ1) is 34.6. The van der Waals surface area contributed by atoms with E-state index in [1.54, 1.807) is 0 Å². The van der Waals surface area contributed by atoms with Gasteiger partial charge in [-0.2, -0.15) is 0 Å². The van der Waals surface area contributed by atoms with Crippen LogP contribution < -0.4 is 0 Å². The van der Waals surface area contributed by atoms with Gasteiger partial charge in [0.05, 0.1) is 6.61 Å². The molecule has 0 aromatic heterocycles. The van der Waals surface area contributed by atoms with Gasteiger partial charge in [0.1, 0.15) is 6.61 Å². The minimum absolute atomic E-state index is 0.00419. The molecule has 70 heavy (non-hydrogen) atoms. The maximum atomic E-state index is 12.8. The molecule has 0 aliphatic heterocycles. The Balaban J connectivity index is 4.57. The molecule has 0 aromatic rings. The van der Waals surface area contributed by atoms with E-state index in [0.29, 0.717) is 19.4 Å². The minimum Gasteiger partial charge on any atom is -0.462 e. The monoisotopic (exact) mass is 959 g/mol. The Hall–Kier alpha value is -5.00. The van der Waals surface area contributed by atoms with Crippen LogP contribution >= 0.6 is 0 Å². The lowest BCUT2D eigenvalue weighted by atomic mass is 10.1. The Morgan fingerprint density at radius 3 is 0.986 bits per heavy atom. The van der Waals surface area contributed by atoms with Gasteiger partial charge in [-0.3, -0.25) is 9.59 Å². The number of carbonyl (C=O) groups is 2. The summed E-state index contributed by atoms with van der Waals surface area (Å²) >= 11 is 0. The molecule has 0 aliphatic carbocycles. The van der Waals surface area contributed by atoms with Crippen molar-refractivity contribution < 1.29 is 23.8 Å². The summed E-state index contributed by atoms with van der Waals surface area (Å²) in [5, 5.41) is 0. The first-order valence-electron chi connectivity index (χ1n) is 27.3. The smallest absolute Gasteiger partial charge is 0.306 e. The zero-order valence-corrected chi connectivity index (χ0v) is 44.4. The van der Waals surface area contributed by atoms with Gasteiger partial charge in [0.15, 0.2) is 6.10 Å². The lowest BCUT2D eigenvalue weighted by Gasteiger charge is -2.18. The molecule has 0 N–H and O–H groups in total. The van der Waals surface area contributed by atoms with E-state index in [0.717, 1.165) is 148 Å². The fraction of sp³-hybridized carbons (Fsp3) is 0.508. The summed E-state index contributed by atoms with van der Waals surface area (Å²) in [5.41, 5.74) is 0. The third-order valence-corrected chi connectivity index (χ3v) is 10.4. The number of esters is 2. The van der Waals surface area contributed by atoms with Crippen molar-refractivity contribution in [2.24, 2.45) is 0 Å². The number of allylic oxidation sites excluding steroid dienone is 30. The number of hydrogen-bond acceptors (Lipinski definition) is 5. The van der Waals surface area contributed by atoms with Gasteiger partial charge in [0.2, 0.25) is 0 Å². The van der Waals surface area contributed by atoms with E-state index < -0.39 is 6.10 Å². The highest BCUT2D eigenvalue weighted by atomic mass is 16.6. The van der Waals surface area contributed by atoms with Crippen LogP contribution in [0.15, 0.2) is 182 Å². The molecule has 0 aromatic carbocycles. The molecule has 0 saturated heterocycles. The Morgan fingerprint density at radius 2 is 0.629 bits per heavy atom. The quantitative estimate of drug-likeness (QED) is 0.0345. The maximum Gasteiger partial charge on any atom is 0.306 e. The van der Waals surface area contributed by atoms with Crippen molar-refractivity contribution in [3.8, 4) is 0 Å². The standard InChI is InChI=1S/C65H98O5/c1-4-7-10-13-16-19-22-25-28-31-33-35-37-40-43-46-49-52-55-58-64(66)69-62-63(61-68-60-57-54-51-48-45-42-39-30-27-24-21-18-15-12-9-6-3)70-65(67)59-56-53-50-47-44-41-38-36-34-32-29-26-23-20-17-14-11-8-5-2/h7-12,16-21,25-30,33-36,40-45,49,52,63H,4-6,13-15,22-24,31-32,37-39,46-48,50-51,53-62H2,1-3H3/b10-7-,11-8-,12-9-,19-16-,20-17-,21-18-,28-25-,29-26-,30-27-,35-33-,36-34-,43-40-,44-41-,45-42-,52-49-. The van der Waals surface area contributed by atoms with Crippen LogP contribution in [0.1, 0.15) is 188 Å². The molecule has 0 radical (unpaired) electrons. The number of rotatable bonds is 47. The van der Waals surface area contributed by atoms with Crippen LogP contribution in [0.4, 0.5) is 0 Å². The predicted molar refractivity (Wildman–Crippen MR) is 306 cm³/mol. The summed E-state index contributed by atoms with van der Waals surface area (Å²) in [5.74, 6) is -0.568. The van der Waals surface area contributed by atoms with Crippen LogP contribution in [0.2, 0.25) is 0 Å². The van der Waals surface area contributed by atoms with Gasteiger partial charge < -0.3 is 14.2 Å². The van der Waals surface area contributed by atoms with Crippen LogP contribution in [-0.4, -0.2) is 37.9 Å². The third-order valence-electron chi connectivity index (χ3n) is 10.4. The van der Waals surface area contributed by atoms with E-state index in [4.69, 9.17) is 14.2 Å². The Kier molecular flexibility index (Phi) is 54.1. The van der Waals surface area contributed by atoms with Gasteiger partial charge in [-0.1, -0.05) is 216 Å². The van der Waals surface area contributed by atoms with Crippen molar-refractivity contribution in [1.82, 2.24) is 0 Å². The summed E-state index contributed by atoms with van der Waals surface area (Å²) in [6.45, 7) is 7.26.